The minimum absolute atomic E-state index is 0.0791. The standard InChI is InChI=1S/C14H15F4NO3/c15-10-3-1-2-8(12(10)14(16,17)18)6-19-5-4-11(20)9(7-19)13(21)22/h1-3,9,11,20H,4-7H2,(H,21,22)/t9-,11+/m0/s1. The number of carbonyl (C=O) groups is 1. The number of rotatable bonds is 3. The Morgan fingerprint density at radius 3 is 2.64 bits per heavy atom. The number of nitrogens with zero attached hydrogens (tertiary/aromatic N) is 1. The normalized spacial score (nSPS) is 23.5. The van der Waals surface area contributed by atoms with Crippen molar-refractivity contribution in [2.45, 2.75) is 25.2 Å². The molecule has 1 fully saturated rings. The minimum atomic E-state index is -4.82. The van der Waals surface area contributed by atoms with Crippen molar-refractivity contribution in [2.24, 2.45) is 5.92 Å². The van der Waals surface area contributed by atoms with E-state index in [2.05, 4.69) is 0 Å². The lowest BCUT2D eigenvalue weighted by Gasteiger charge is -2.34. The van der Waals surface area contributed by atoms with Crippen LogP contribution in [0.1, 0.15) is 17.5 Å². The molecule has 1 aliphatic rings. The summed E-state index contributed by atoms with van der Waals surface area (Å²) < 4.78 is 52.3. The highest BCUT2D eigenvalue weighted by Gasteiger charge is 2.38. The quantitative estimate of drug-likeness (QED) is 0.837. The van der Waals surface area contributed by atoms with E-state index in [0.29, 0.717) is 0 Å². The van der Waals surface area contributed by atoms with Crippen molar-refractivity contribution >= 4 is 5.97 Å². The van der Waals surface area contributed by atoms with Crippen LogP contribution in [0.2, 0.25) is 0 Å². The first kappa shape index (κ1) is 16.7. The molecular weight excluding hydrogens is 306 g/mol. The summed E-state index contributed by atoms with van der Waals surface area (Å²) in [5.74, 6) is -3.61. The zero-order valence-electron chi connectivity index (χ0n) is 11.5. The third kappa shape index (κ3) is 3.56. The summed E-state index contributed by atoms with van der Waals surface area (Å²) in [5, 5.41) is 18.6. The van der Waals surface area contributed by atoms with Crippen molar-refractivity contribution < 1.29 is 32.6 Å². The SMILES string of the molecule is O=C(O)[C@H]1CN(Cc2cccc(F)c2C(F)(F)F)CC[C@H]1O. The number of aliphatic carboxylic acids is 1. The molecule has 122 valence electrons. The smallest absolute Gasteiger partial charge is 0.419 e. The number of hydrogen-bond acceptors (Lipinski definition) is 3. The lowest BCUT2D eigenvalue weighted by Crippen LogP contribution is -2.46. The van der Waals surface area contributed by atoms with E-state index >= 15 is 0 Å². The summed E-state index contributed by atoms with van der Waals surface area (Å²) in [6.45, 7) is -0.0494. The zero-order chi connectivity index (χ0) is 16.5. The van der Waals surface area contributed by atoms with E-state index in [-0.39, 0.29) is 31.6 Å². The van der Waals surface area contributed by atoms with E-state index in [4.69, 9.17) is 5.11 Å². The molecule has 1 aromatic carbocycles. The maximum atomic E-state index is 13.5. The fraction of sp³-hybridized carbons (Fsp3) is 0.500. The van der Waals surface area contributed by atoms with Gasteiger partial charge in [-0.25, -0.2) is 4.39 Å². The Balaban J connectivity index is 2.21. The van der Waals surface area contributed by atoms with E-state index in [9.17, 15) is 27.5 Å². The molecule has 0 aliphatic carbocycles. The molecule has 8 heteroatoms. The largest absolute Gasteiger partial charge is 0.481 e. The van der Waals surface area contributed by atoms with Crippen molar-refractivity contribution in [3.63, 3.8) is 0 Å². The highest BCUT2D eigenvalue weighted by Crippen LogP contribution is 2.35. The molecule has 0 radical (unpaired) electrons. The van der Waals surface area contributed by atoms with Crippen LogP contribution >= 0.6 is 0 Å². The molecule has 0 unspecified atom stereocenters. The van der Waals surface area contributed by atoms with Crippen LogP contribution in [0, 0.1) is 11.7 Å². The fourth-order valence-electron chi connectivity index (χ4n) is 2.65. The highest BCUT2D eigenvalue weighted by molar-refractivity contribution is 5.71. The number of benzene rings is 1. The lowest BCUT2D eigenvalue weighted by atomic mass is 9.94. The Morgan fingerprint density at radius 2 is 2.05 bits per heavy atom. The first-order valence-corrected chi connectivity index (χ1v) is 6.68. The van der Waals surface area contributed by atoms with Crippen molar-refractivity contribution in [3.05, 3.63) is 35.1 Å². The number of carboxylic acids is 1. The fourth-order valence-corrected chi connectivity index (χ4v) is 2.65. The number of likely N-dealkylation sites (tertiary alicyclic amines) is 1. The molecule has 2 rings (SSSR count). The molecular formula is C14H15F4NO3. The third-order valence-corrected chi connectivity index (χ3v) is 3.75. The molecule has 0 saturated carbocycles. The van der Waals surface area contributed by atoms with Crippen LogP contribution in [-0.4, -0.2) is 40.3 Å². The Hall–Kier alpha value is -1.67. The molecule has 1 aromatic rings. The molecule has 1 saturated heterocycles. The van der Waals surface area contributed by atoms with Crippen LogP contribution in [-0.2, 0) is 17.5 Å². The van der Waals surface area contributed by atoms with Gasteiger partial charge in [-0.15, -0.1) is 0 Å². The van der Waals surface area contributed by atoms with Gasteiger partial charge in [0.1, 0.15) is 5.82 Å². The van der Waals surface area contributed by atoms with E-state index in [1.54, 1.807) is 0 Å². The second-order valence-electron chi connectivity index (χ2n) is 5.31. The van der Waals surface area contributed by atoms with Gasteiger partial charge in [-0.3, -0.25) is 9.69 Å². The molecule has 1 heterocycles. The van der Waals surface area contributed by atoms with Crippen LogP contribution < -0.4 is 0 Å². The summed E-state index contributed by atoms with van der Waals surface area (Å²) in [4.78, 5) is 12.5. The molecule has 0 amide bonds. The summed E-state index contributed by atoms with van der Waals surface area (Å²) >= 11 is 0. The van der Waals surface area contributed by atoms with Gasteiger partial charge in [0.05, 0.1) is 17.6 Å². The van der Waals surface area contributed by atoms with Crippen LogP contribution in [0.4, 0.5) is 17.6 Å². The van der Waals surface area contributed by atoms with Crippen LogP contribution in [0.25, 0.3) is 0 Å². The van der Waals surface area contributed by atoms with Crippen molar-refractivity contribution in [2.75, 3.05) is 13.1 Å². The van der Waals surface area contributed by atoms with E-state index in [0.717, 1.165) is 6.07 Å². The average Bonchev–Trinajstić information content (AvgIpc) is 2.39. The predicted molar refractivity (Wildman–Crippen MR) is 68.4 cm³/mol. The number of carboxylic acid groups (broad SMARTS) is 1. The highest BCUT2D eigenvalue weighted by atomic mass is 19.4. The Bertz CT molecular complexity index is 562. The lowest BCUT2D eigenvalue weighted by molar-refractivity contribution is -0.149. The number of alkyl halides is 3. The van der Waals surface area contributed by atoms with Gasteiger partial charge in [0.15, 0.2) is 0 Å². The second-order valence-corrected chi connectivity index (χ2v) is 5.31. The van der Waals surface area contributed by atoms with E-state index in [1.807, 2.05) is 0 Å². The average molecular weight is 321 g/mol. The third-order valence-electron chi connectivity index (χ3n) is 3.75. The molecule has 4 nitrogen and oxygen atoms in total. The molecule has 0 bridgehead atoms. The maximum Gasteiger partial charge on any atom is 0.419 e. The van der Waals surface area contributed by atoms with Gasteiger partial charge in [0.25, 0.3) is 0 Å². The Labute approximate surface area is 124 Å². The summed E-state index contributed by atoms with van der Waals surface area (Å²) in [6.07, 6.45) is -5.70. The predicted octanol–water partition coefficient (Wildman–Crippen LogP) is 2.11. The van der Waals surface area contributed by atoms with Crippen molar-refractivity contribution in [1.82, 2.24) is 4.90 Å². The van der Waals surface area contributed by atoms with Crippen molar-refractivity contribution in [1.29, 1.82) is 0 Å². The first-order chi connectivity index (χ1) is 10.2. The van der Waals surface area contributed by atoms with Gasteiger partial charge in [0, 0.05) is 19.6 Å². The molecule has 2 N–H and O–H groups in total. The van der Waals surface area contributed by atoms with Crippen LogP contribution in [0.15, 0.2) is 18.2 Å². The zero-order valence-corrected chi connectivity index (χ0v) is 11.5. The van der Waals surface area contributed by atoms with E-state index < -0.39 is 35.5 Å². The van der Waals surface area contributed by atoms with Crippen LogP contribution in [0.3, 0.4) is 0 Å². The second kappa shape index (κ2) is 6.21. The first-order valence-electron chi connectivity index (χ1n) is 6.68. The maximum absolute atomic E-state index is 13.5. The number of aliphatic hydroxyl groups is 1. The Kier molecular flexibility index (Phi) is 4.72. The van der Waals surface area contributed by atoms with Gasteiger partial charge in [0.2, 0.25) is 0 Å². The Morgan fingerprint density at radius 1 is 1.36 bits per heavy atom. The topological polar surface area (TPSA) is 60.8 Å². The van der Waals surface area contributed by atoms with E-state index in [1.165, 1.54) is 17.0 Å². The monoisotopic (exact) mass is 321 g/mol. The molecule has 0 spiro atoms. The molecule has 22 heavy (non-hydrogen) atoms. The van der Waals surface area contributed by atoms with Gasteiger partial charge in [-0.2, -0.15) is 13.2 Å². The number of piperidine rings is 1. The number of aliphatic hydroxyl groups excluding tert-OH is 1. The van der Waals surface area contributed by atoms with Crippen molar-refractivity contribution in [3.8, 4) is 0 Å². The summed E-state index contributed by atoms with van der Waals surface area (Å²) in [6, 6.07) is 3.10. The van der Waals surface area contributed by atoms with Gasteiger partial charge in [-0.1, -0.05) is 12.1 Å². The van der Waals surface area contributed by atoms with Gasteiger partial charge >= 0.3 is 12.1 Å². The van der Waals surface area contributed by atoms with Gasteiger partial charge in [-0.05, 0) is 18.1 Å². The summed E-state index contributed by atoms with van der Waals surface area (Å²) in [5.41, 5.74) is -1.57. The van der Waals surface area contributed by atoms with Crippen LogP contribution in [0.5, 0.6) is 0 Å². The molecule has 1 aliphatic heterocycles. The molecule has 2 atom stereocenters. The van der Waals surface area contributed by atoms with Gasteiger partial charge < -0.3 is 10.2 Å². The molecule has 0 aromatic heterocycles. The summed E-state index contributed by atoms with van der Waals surface area (Å²) in [7, 11) is 0. The number of halogens is 4. The number of hydrogen-bond donors (Lipinski definition) is 2. The minimum Gasteiger partial charge on any atom is -0.481 e.